The van der Waals surface area contributed by atoms with Crippen molar-refractivity contribution in [2.75, 3.05) is 0 Å². The van der Waals surface area contributed by atoms with E-state index < -0.39 is 0 Å². The van der Waals surface area contributed by atoms with E-state index >= 15 is 0 Å². The Morgan fingerprint density at radius 1 is 1.00 bits per heavy atom. The Morgan fingerprint density at radius 2 is 1.65 bits per heavy atom. The van der Waals surface area contributed by atoms with Crippen molar-refractivity contribution < 1.29 is 9.18 Å². The first-order valence-electron chi connectivity index (χ1n) is 6.15. The number of amides is 2. The molecule has 104 valence electrons. The van der Waals surface area contributed by atoms with Crippen LogP contribution in [0.2, 0.25) is 5.02 Å². The highest BCUT2D eigenvalue weighted by molar-refractivity contribution is 6.31. The number of halogens is 2. The predicted octanol–water partition coefficient (Wildman–Crippen LogP) is 3.48. The fraction of sp³-hybridized carbons (Fsp3) is 0.133. The molecule has 0 aliphatic heterocycles. The number of carbonyl (C=O) groups is 1. The van der Waals surface area contributed by atoms with Crippen molar-refractivity contribution >= 4 is 17.6 Å². The van der Waals surface area contributed by atoms with Gasteiger partial charge in [-0.15, -0.1) is 0 Å². The molecule has 2 aromatic rings. The van der Waals surface area contributed by atoms with Crippen molar-refractivity contribution in [3.8, 4) is 0 Å². The Kier molecular flexibility index (Phi) is 4.96. The molecule has 0 aromatic heterocycles. The zero-order valence-corrected chi connectivity index (χ0v) is 11.5. The Morgan fingerprint density at radius 3 is 2.35 bits per heavy atom. The zero-order chi connectivity index (χ0) is 14.4. The monoisotopic (exact) mass is 292 g/mol. The van der Waals surface area contributed by atoms with Crippen molar-refractivity contribution in [1.82, 2.24) is 10.6 Å². The number of rotatable bonds is 4. The normalized spacial score (nSPS) is 10.1. The molecule has 0 aliphatic rings. The van der Waals surface area contributed by atoms with Gasteiger partial charge in [0.1, 0.15) is 5.82 Å². The van der Waals surface area contributed by atoms with Crippen molar-refractivity contribution in [2.45, 2.75) is 13.1 Å². The SMILES string of the molecule is O=C(NCc1ccc(F)cc1)NCc1ccccc1Cl. The van der Waals surface area contributed by atoms with Gasteiger partial charge in [0.2, 0.25) is 0 Å². The van der Waals surface area contributed by atoms with Crippen molar-refractivity contribution in [1.29, 1.82) is 0 Å². The molecule has 2 aromatic carbocycles. The highest BCUT2D eigenvalue weighted by atomic mass is 35.5. The van der Waals surface area contributed by atoms with E-state index in [1.807, 2.05) is 18.2 Å². The third-order valence-corrected chi connectivity index (χ3v) is 3.13. The second-order valence-corrected chi connectivity index (χ2v) is 4.66. The van der Waals surface area contributed by atoms with Gasteiger partial charge in [0, 0.05) is 18.1 Å². The Balaban J connectivity index is 1.78. The van der Waals surface area contributed by atoms with Crippen molar-refractivity contribution in [2.24, 2.45) is 0 Å². The minimum Gasteiger partial charge on any atom is -0.334 e. The fourth-order valence-corrected chi connectivity index (χ4v) is 1.87. The summed E-state index contributed by atoms with van der Waals surface area (Å²) in [7, 11) is 0. The van der Waals surface area contributed by atoms with Crippen LogP contribution < -0.4 is 10.6 Å². The van der Waals surface area contributed by atoms with Gasteiger partial charge in [0.05, 0.1) is 0 Å². The van der Waals surface area contributed by atoms with E-state index in [-0.39, 0.29) is 11.8 Å². The summed E-state index contributed by atoms with van der Waals surface area (Å²) in [5.74, 6) is -0.295. The van der Waals surface area contributed by atoms with Gasteiger partial charge < -0.3 is 10.6 Å². The molecule has 0 fully saturated rings. The first-order valence-corrected chi connectivity index (χ1v) is 6.52. The summed E-state index contributed by atoms with van der Waals surface area (Å²) < 4.78 is 12.7. The molecule has 0 heterocycles. The van der Waals surface area contributed by atoms with Crippen LogP contribution in [0.3, 0.4) is 0 Å². The molecule has 2 N–H and O–H groups in total. The van der Waals surface area contributed by atoms with E-state index in [1.165, 1.54) is 12.1 Å². The summed E-state index contributed by atoms with van der Waals surface area (Å²) in [6.45, 7) is 0.698. The molecule has 0 atom stereocenters. The summed E-state index contributed by atoms with van der Waals surface area (Å²) in [6.07, 6.45) is 0. The number of hydrogen-bond donors (Lipinski definition) is 2. The van der Waals surface area contributed by atoms with Crippen LogP contribution in [0, 0.1) is 5.82 Å². The first-order chi connectivity index (χ1) is 9.65. The van der Waals surface area contributed by atoms with Crippen LogP contribution in [0.15, 0.2) is 48.5 Å². The van der Waals surface area contributed by atoms with Crippen LogP contribution in [0.5, 0.6) is 0 Å². The molecule has 0 radical (unpaired) electrons. The molecule has 0 aliphatic carbocycles. The molecular formula is C15H14ClFN2O. The number of benzene rings is 2. The number of carbonyl (C=O) groups excluding carboxylic acids is 1. The molecule has 0 bridgehead atoms. The van der Waals surface area contributed by atoms with Gasteiger partial charge in [0.25, 0.3) is 0 Å². The minimum atomic E-state index is -0.297. The molecule has 0 saturated heterocycles. The standard InChI is InChI=1S/C15H14ClFN2O/c16-14-4-2-1-3-12(14)10-19-15(20)18-9-11-5-7-13(17)8-6-11/h1-8H,9-10H2,(H2,18,19,20). The highest BCUT2D eigenvalue weighted by Crippen LogP contribution is 2.14. The Labute approximate surface area is 121 Å². The lowest BCUT2D eigenvalue weighted by Crippen LogP contribution is -2.34. The van der Waals surface area contributed by atoms with Gasteiger partial charge in [-0.2, -0.15) is 0 Å². The molecule has 20 heavy (non-hydrogen) atoms. The molecule has 0 saturated carbocycles. The lowest BCUT2D eigenvalue weighted by atomic mass is 10.2. The second-order valence-electron chi connectivity index (χ2n) is 4.25. The van der Waals surface area contributed by atoms with E-state index in [2.05, 4.69) is 10.6 Å². The molecule has 0 unspecified atom stereocenters. The average molecular weight is 293 g/mol. The van der Waals surface area contributed by atoms with Gasteiger partial charge in [-0.05, 0) is 29.3 Å². The van der Waals surface area contributed by atoms with Crippen LogP contribution in [-0.2, 0) is 13.1 Å². The molecule has 3 nitrogen and oxygen atoms in total. The van der Waals surface area contributed by atoms with Crippen LogP contribution in [0.25, 0.3) is 0 Å². The van der Waals surface area contributed by atoms with Crippen LogP contribution in [0.1, 0.15) is 11.1 Å². The molecular weight excluding hydrogens is 279 g/mol. The van der Waals surface area contributed by atoms with E-state index in [1.54, 1.807) is 18.2 Å². The molecule has 0 spiro atoms. The summed E-state index contributed by atoms with van der Waals surface area (Å²) in [5.41, 5.74) is 1.69. The third kappa shape index (κ3) is 4.24. The Hall–Kier alpha value is -2.07. The maximum absolute atomic E-state index is 12.7. The maximum atomic E-state index is 12.7. The van der Waals surface area contributed by atoms with Crippen molar-refractivity contribution in [3.63, 3.8) is 0 Å². The quantitative estimate of drug-likeness (QED) is 0.890. The lowest BCUT2D eigenvalue weighted by Gasteiger charge is -2.08. The van der Waals surface area contributed by atoms with Crippen molar-refractivity contribution in [3.05, 3.63) is 70.5 Å². The number of nitrogens with one attached hydrogen (secondary N) is 2. The predicted molar refractivity (Wildman–Crippen MR) is 76.9 cm³/mol. The lowest BCUT2D eigenvalue weighted by molar-refractivity contribution is 0.240. The largest absolute Gasteiger partial charge is 0.334 e. The number of hydrogen-bond acceptors (Lipinski definition) is 1. The van der Waals surface area contributed by atoms with E-state index in [0.29, 0.717) is 18.1 Å². The molecule has 5 heteroatoms. The summed E-state index contributed by atoms with van der Waals surface area (Å²) >= 11 is 5.99. The van der Waals surface area contributed by atoms with Crippen LogP contribution >= 0.6 is 11.6 Å². The molecule has 2 rings (SSSR count). The van der Waals surface area contributed by atoms with Gasteiger partial charge >= 0.3 is 6.03 Å². The van der Waals surface area contributed by atoms with Crippen LogP contribution in [0.4, 0.5) is 9.18 Å². The summed E-state index contributed by atoms with van der Waals surface area (Å²) in [5, 5.41) is 6.02. The zero-order valence-electron chi connectivity index (χ0n) is 10.7. The Bertz CT molecular complexity index is 587. The third-order valence-electron chi connectivity index (χ3n) is 2.76. The van der Waals surface area contributed by atoms with E-state index in [0.717, 1.165) is 11.1 Å². The second kappa shape index (κ2) is 6.91. The van der Waals surface area contributed by atoms with E-state index in [4.69, 9.17) is 11.6 Å². The summed E-state index contributed by atoms with van der Waals surface area (Å²) in [6, 6.07) is 13.0. The highest BCUT2D eigenvalue weighted by Gasteiger charge is 2.03. The topological polar surface area (TPSA) is 41.1 Å². The smallest absolute Gasteiger partial charge is 0.315 e. The minimum absolute atomic E-state index is 0.295. The molecule has 2 amide bonds. The van der Waals surface area contributed by atoms with Gasteiger partial charge in [0.15, 0.2) is 0 Å². The van der Waals surface area contributed by atoms with Gasteiger partial charge in [-0.1, -0.05) is 41.9 Å². The summed E-state index contributed by atoms with van der Waals surface area (Å²) in [4.78, 5) is 11.6. The maximum Gasteiger partial charge on any atom is 0.315 e. The van der Waals surface area contributed by atoms with Gasteiger partial charge in [-0.3, -0.25) is 0 Å². The van der Waals surface area contributed by atoms with Gasteiger partial charge in [-0.25, -0.2) is 9.18 Å². The fourth-order valence-electron chi connectivity index (χ4n) is 1.66. The number of urea groups is 1. The van der Waals surface area contributed by atoms with Crippen LogP contribution in [-0.4, -0.2) is 6.03 Å². The van der Waals surface area contributed by atoms with E-state index in [9.17, 15) is 9.18 Å². The average Bonchev–Trinajstić information content (AvgIpc) is 2.46. The first kappa shape index (κ1) is 14.3.